The van der Waals surface area contributed by atoms with Crippen LogP contribution < -0.4 is 0 Å². The fourth-order valence-corrected chi connectivity index (χ4v) is 2.45. The van der Waals surface area contributed by atoms with Crippen LogP contribution in [0.15, 0.2) is 28.8 Å². The van der Waals surface area contributed by atoms with Crippen LogP contribution in [0.3, 0.4) is 0 Å². The summed E-state index contributed by atoms with van der Waals surface area (Å²) in [7, 11) is 0. The SMILES string of the molecule is Cc1cc(CN(CCCO)Cc2ccc(Cl)c(Cl)c2)no1. The van der Waals surface area contributed by atoms with Crippen molar-refractivity contribution in [2.45, 2.75) is 26.4 Å². The van der Waals surface area contributed by atoms with E-state index in [1.165, 1.54) is 0 Å². The standard InChI is InChI=1S/C15H18Cl2N2O2/c1-11-7-13(18-21-11)10-19(5-2-6-20)9-12-3-4-14(16)15(17)8-12/h3-4,7-8,20H,2,5-6,9-10H2,1H3. The maximum atomic E-state index is 9.03. The maximum Gasteiger partial charge on any atom is 0.133 e. The zero-order valence-corrected chi connectivity index (χ0v) is 13.4. The van der Waals surface area contributed by atoms with Gasteiger partial charge in [0.2, 0.25) is 0 Å². The van der Waals surface area contributed by atoms with E-state index in [-0.39, 0.29) is 6.61 Å². The van der Waals surface area contributed by atoms with Crippen molar-refractivity contribution in [3.8, 4) is 0 Å². The lowest BCUT2D eigenvalue weighted by Gasteiger charge is -2.21. The van der Waals surface area contributed by atoms with Gasteiger partial charge in [0.25, 0.3) is 0 Å². The summed E-state index contributed by atoms with van der Waals surface area (Å²) < 4.78 is 5.09. The first-order valence-electron chi connectivity index (χ1n) is 6.78. The van der Waals surface area contributed by atoms with Crippen molar-refractivity contribution in [3.05, 3.63) is 51.3 Å². The highest BCUT2D eigenvalue weighted by Gasteiger charge is 2.11. The Morgan fingerprint density at radius 2 is 2.00 bits per heavy atom. The Labute approximate surface area is 134 Å². The number of aromatic nitrogens is 1. The van der Waals surface area contributed by atoms with Crippen LogP contribution in [0.1, 0.15) is 23.4 Å². The minimum absolute atomic E-state index is 0.162. The van der Waals surface area contributed by atoms with Crippen LogP contribution in [0.25, 0.3) is 0 Å². The molecule has 0 spiro atoms. The van der Waals surface area contributed by atoms with E-state index < -0.39 is 0 Å². The van der Waals surface area contributed by atoms with E-state index in [0.717, 1.165) is 23.6 Å². The van der Waals surface area contributed by atoms with Crippen LogP contribution in [0.5, 0.6) is 0 Å². The number of hydrogen-bond acceptors (Lipinski definition) is 4. The van der Waals surface area contributed by atoms with Crippen molar-refractivity contribution in [2.75, 3.05) is 13.2 Å². The molecule has 0 radical (unpaired) electrons. The lowest BCUT2D eigenvalue weighted by Crippen LogP contribution is -2.24. The topological polar surface area (TPSA) is 49.5 Å². The first kappa shape index (κ1) is 16.3. The number of aliphatic hydroxyl groups is 1. The molecule has 2 aromatic rings. The zero-order valence-electron chi connectivity index (χ0n) is 11.9. The fraction of sp³-hybridized carbons (Fsp3) is 0.400. The Bertz CT molecular complexity index is 587. The maximum absolute atomic E-state index is 9.03. The van der Waals surface area contributed by atoms with Gasteiger partial charge in [-0.3, -0.25) is 4.90 Å². The summed E-state index contributed by atoms with van der Waals surface area (Å²) in [5.41, 5.74) is 1.95. The summed E-state index contributed by atoms with van der Waals surface area (Å²) in [4.78, 5) is 2.19. The molecule has 0 amide bonds. The number of hydrogen-bond donors (Lipinski definition) is 1. The van der Waals surface area contributed by atoms with Crippen LogP contribution in [-0.2, 0) is 13.1 Å². The monoisotopic (exact) mass is 328 g/mol. The van der Waals surface area contributed by atoms with E-state index in [1.54, 1.807) is 6.07 Å². The van der Waals surface area contributed by atoms with Crippen molar-refractivity contribution in [2.24, 2.45) is 0 Å². The summed E-state index contributed by atoms with van der Waals surface area (Å²) in [6.45, 7) is 4.17. The normalized spacial score (nSPS) is 11.3. The molecule has 0 aliphatic heterocycles. The van der Waals surface area contributed by atoms with Crippen molar-refractivity contribution in [1.29, 1.82) is 0 Å². The predicted molar refractivity (Wildman–Crippen MR) is 83.5 cm³/mol. The molecule has 114 valence electrons. The number of halogens is 2. The molecule has 0 aliphatic rings. The number of nitrogens with zero attached hydrogens (tertiary/aromatic N) is 2. The van der Waals surface area contributed by atoms with E-state index >= 15 is 0 Å². The molecule has 0 bridgehead atoms. The number of aliphatic hydroxyl groups excluding tert-OH is 1. The molecule has 4 nitrogen and oxygen atoms in total. The van der Waals surface area contributed by atoms with E-state index in [9.17, 15) is 0 Å². The summed E-state index contributed by atoms with van der Waals surface area (Å²) in [5, 5.41) is 14.1. The highest BCUT2D eigenvalue weighted by molar-refractivity contribution is 6.42. The van der Waals surface area contributed by atoms with Gasteiger partial charge < -0.3 is 9.63 Å². The smallest absolute Gasteiger partial charge is 0.133 e. The van der Waals surface area contributed by atoms with Gasteiger partial charge in [-0.1, -0.05) is 34.4 Å². The second-order valence-electron chi connectivity index (χ2n) is 4.97. The number of rotatable bonds is 7. The van der Waals surface area contributed by atoms with Gasteiger partial charge in [-0.2, -0.15) is 0 Å². The quantitative estimate of drug-likeness (QED) is 0.842. The van der Waals surface area contributed by atoms with Crippen LogP contribution >= 0.6 is 23.2 Å². The fourth-order valence-electron chi connectivity index (χ4n) is 2.13. The Hall–Kier alpha value is -1.07. The van der Waals surface area contributed by atoms with Gasteiger partial charge in [0.1, 0.15) is 5.76 Å². The van der Waals surface area contributed by atoms with Gasteiger partial charge in [-0.25, -0.2) is 0 Å². The van der Waals surface area contributed by atoms with Crippen LogP contribution in [0, 0.1) is 6.92 Å². The zero-order chi connectivity index (χ0) is 15.2. The molecule has 0 fully saturated rings. The van der Waals surface area contributed by atoms with E-state index in [1.807, 2.05) is 25.1 Å². The Balaban J connectivity index is 2.06. The van der Waals surface area contributed by atoms with Gasteiger partial charge >= 0.3 is 0 Å². The summed E-state index contributed by atoms with van der Waals surface area (Å²) in [6, 6.07) is 7.53. The molecule has 0 atom stereocenters. The van der Waals surface area contributed by atoms with Crippen molar-refractivity contribution >= 4 is 23.2 Å². The number of aryl methyl sites for hydroxylation is 1. The highest BCUT2D eigenvalue weighted by Crippen LogP contribution is 2.23. The predicted octanol–water partition coefficient (Wildman–Crippen LogP) is 3.67. The van der Waals surface area contributed by atoms with Gasteiger partial charge in [0.05, 0.1) is 15.7 Å². The molecule has 2 rings (SSSR count). The van der Waals surface area contributed by atoms with E-state index in [2.05, 4.69) is 10.1 Å². The van der Waals surface area contributed by atoms with Crippen LogP contribution in [-0.4, -0.2) is 28.3 Å². The highest BCUT2D eigenvalue weighted by atomic mass is 35.5. The van der Waals surface area contributed by atoms with Gasteiger partial charge in [0.15, 0.2) is 0 Å². The lowest BCUT2D eigenvalue weighted by atomic mass is 10.2. The van der Waals surface area contributed by atoms with Crippen molar-refractivity contribution in [1.82, 2.24) is 10.1 Å². The third kappa shape index (κ3) is 5.00. The first-order chi connectivity index (χ1) is 10.1. The average Bonchev–Trinajstić information content (AvgIpc) is 2.85. The molecular formula is C15H18Cl2N2O2. The Morgan fingerprint density at radius 3 is 2.62 bits per heavy atom. The summed E-state index contributed by atoms with van der Waals surface area (Å²) in [5.74, 6) is 0.793. The molecule has 1 heterocycles. The number of benzene rings is 1. The first-order valence-corrected chi connectivity index (χ1v) is 7.53. The minimum atomic E-state index is 0.162. The second kappa shape index (κ2) is 7.80. The van der Waals surface area contributed by atoms with Crippen LogP contribution in [0.4, 0.5) is 0 Å². The van der Waals surface area contributed by atoms with Gasteiger partial charge in [0, 0.05) is 32.3 Å². The summed E-state index contributed by atoms with van der Waals surface area (Å²) >= 11 is 12.0. The molecule has 1 N–H and O–H groups in total. The lowest BCUT2D eigenvalue weighted by molar-refractivity contribution is 0.208. The molecule has 0 unspecified atom stereocenters. The molecule has 0 saturated carbocycles. The van der Waals surface area contributed by atoms with Crippen molar-refractivity contribution < 1.29 is 9.63 Å². The molecule has 0 saturated heterocycles. The Morgan fingerprint density at radius 1 is 1.19 bits per heavy atom. The largest absolute Gasteiger partial charge is 0.396 e. The van der Waals surface area contributed by atoms with Gasteiger partial charge in [-0.15, -0.1) is 0 Å². The molecule has 0 aliphatic carbocycles. The van der Waals surface area contributed by atoms with Crippen molar-refractivity contribution in [3.63, 3.8) is 0 Å². The Kier molecular flexibility index (Phi) is 6.06. The molecule has 6 heteroatoms. The molecule has 21 heavy (non-hydrogen) atoms. The van der Waals surface area contributed by atoms with E-state index in [4.69, 9.17) is 32.8 Å². The minimum Gasteiger partial charge on any atom is -0.396 e. The summed E-state index contributed by atoms with van der Waals surface area (Å²) in [6.07, 6.45) is 0.707. The average molecular weight is 329 g/mol. The third-order valence-electron chi connectivity index (χ3n) is 3.09. The molecule has 1 aromatic heterocycles. The molecule has 1 aromatic carbocycles. The molecular weight excluding hydrogens is 311 g/mol. The third-order valence-corrected chi connectivity index (χ3v) is 3.82. The van der Waals surface area contributed by atoms with Crippen LogP contribution in [0.2, 0.25) is 10.0 Å². The van der Waals surface area contributed by atoms with E-state index in [0.29, 0.717) is 29.6 Å². The second-order valence-corrected chi connectivity index (χ2v) is 5.78. The van der Waals surface area contributed by atoms with Gasteiger partial charge in [-0.05, 0) is 31.0 Å².